The van der Waals surface area contributed by atoms with Gasteiger partial charge in [-0.1, -0.05) is 30.0 Å². The van der Waals surface area contributed by atoms with E-state index < -0.39 is 0 Å². The number of hydrogen-bond donors (Lipinski definition) is 1. The summed E-state index contributed by atoms with van der Waals surface area (Å²) in [5, 5.41) is 1.09. The summed E-state index contributed by atoms with van der Waals surface area (Å²) < 4.78 is 6.17. The number of ether oxygens (including phenoxy) is 1. The zero-order chi connectivity index (χ0) is 16.6. The lowest BCUT2D eigenvalue weighted by molar-refractivity contribution is -0.132. The van der Waals surface area contributed by atoms with Gasteiger partial charge in [-0.3, -0.25) is 15.0 Å². The van der Waals surface area contributed by atoms with Crippen molar-refractivity contribution in [2.75, 3.05) is 0 Å². The molecule has 2 aliphatic heterocycles. The van der Waals surface area contributed by atoms with Crippen LogP contribution in [0.5, 0.6) is 5.75 Å². The maximum atomic E-state index is 12.3. The van der Waals surface area contributed by atoms with E-state index in [0.29, 0.717) is 9.23 Å². The summed E-state index contributed by atoms with van der Waals surface area (Å²) in [4.78, 5) is 24.0. The third-order valence-corrected chi connectivity index (χ3v) is 4.68. The van der Waals surface area contributed by atoms with Crippen LogP contribution < -0.4 is 10.2 Å². The molecule has 1 fully saturated rings. The summed E-state index contributed by atoms with van der Waals surface area (Å²) in [6.07, 6.45) is 3.59. The molecular weight excluding hydrogens is 332 g/mol. The number of benzene rings is 1. The van der Waals surface area contributed by atoms with Gasteiger partial charge in [-0.15, -0.1) is 0 Å². The lowest BCUT2D eigenvalue weighted by atomic mass is 10.0. The summed E-state index contributed by atoms with van der Waals surface area (Å²) in [5.41, 5.74) is 4.27. The van der Waals surface area contributed by atoms with E-state index in [4.69, 9.17) is 17.0 Å². The number of fused-ring (bicyclic) bond motifs is 1. The van der Waals surface area contributed by atoms with Gasteiger partial charge in [0, 0.05) is 12.5 Å². The second-order valence-electron chi connectivity index (χ2n) is 5.13. The molecule has 0 aromatic heterocycles. The number of carbonyl (C=O) groups is 2. The average Bonchev–Trinajstić information content (AvgIpc) is 2.75. The van der Waals surface area contributed by atoms with E-state index in [9.17, 15) is 9.59 Å². The SMILES string of the molecule is CC(=O)NN1C(=O)/C(=C/C2=Cc3ccccc3OC2C)SC1=S. The Hall–Kier alpha value is -2.12. The van der Waals surface area contributed by atoms with Gasteiger partial charge in [0.15, 0.2) is 4.32 Å². The molecule has 1 saturated heterocycles. The van der Waals surface area contributed by atoms with Crippen LogP contribution in [0, 0.1) is 0 Å². The van der Waals surface area contributed by atoms with Crippen LogP contribution in [-0.4, -0.2) is 27.2 Å². The van der Waals surface area contributed by atoms with Gasteiger partial charge in [0.1, 0.15) is 11.9 Å². The molecule has 7 heteroatoms. The minimum atomic E-state index is -0.343. The van der Waals surface area contributed by atoms with Crippen molar-refractivity contribution in [3.8, 4) is 5.75 Å². The Balaban J connectivity index is 1.90. The fraction of sp³-hybridized carbons (Fsp3) is 0.188. The highest BCUT2D eigenvalue weighted by atomic mass is 32.2. The summed E-state index contributed by atoms with van der Waals surface area (Å²) >= 11 is 6.29. The molecule has 0 radical (unpaired) electrons. The molecule has 0 bridgehead atoms. The van der Waals surface area contributed by atoms with Crippen molar-refractivity contribution in [1.29, 1.82) is 0 Å². The van der Waals surface area contributed by atoms with E-state index in [0.717, 1.165) is 33.7 Å². The number of para-hydroxylation sites is 1. The Labute approximate surface area is 143 Å². The lowest BCUT2D eigenvalue weighted by Gasteiger charge is -2.23. The molecule has 1 aromatic carbocycles. The number of thiocarbonyl (C=S) groups is 1. The normalized spacial score (nSPS) is 21.8. The first-order valence-corrected chi connectivity index (χ1v) is 8.20. The van der Waals surface area contributed by atoms with Gasteiger partial charge in [-0.05, 0) is 42.9 Å². The molecule has 1 aromatic rings. The van der Waals surface area contributed by atoms with Gasteiger partial charge in [0.2, 0.25) is 5.91 Å². The van der Waals surface area contributed by atoms with Gasteiger partial charge >= 0.3 is 0 Å². The largest absolute Gasteiger partial charge is 0.485 e. The molecule has 0 spiro atoms. The number of thioether (sulfide) groups is 1. The van der Waals surface area contributed by atoms with Crippen LogP contribution in [0.3, 0.4) is 0 Å². The van der Waals surface area contributed by atoms with Gasteiger partial charge in [-0.25, -0.2) is 0 Å². The van der Waals surface area contributed by atoms with Crippen molar-refractivity contribution >= 4 is 46.2 Å². The minimum Gasteiger partial charge on any atom is -0.485 e. The molecule has 0 aliphatic carbocycles. The molecule has 1 atom stereocenters. The van der Waals surface area contributed by atoms with E-state index in [1.807, 2.05) is 37.3 Å². The first-order chi connectivity index (χ1) is 11.0. The van der Waals surface area contributed by atoms with Crippen molar-refractivity contribution in [2.45, 2.75) is 20.0 Å². The number of amides is 2. The number of hydrogen-bond acceptors (Lipinski definition) is 5. The molecule has 1 N–H and O–H groups in total. The topological polar surface area (TPSA) is 58.6 Å². The van der Waals surface area contributed by atoms with Gasteiger partial charge < -0.3 is 4.74 Å². The summed E-state index contributed by atoms with van der Waals surface area (Å²) in [6, 6.07) is 7.72. The van der Waals surface area contributed by atoms with Crippen LogP contribution >= 0.6 is 24.0 Å². The van der Waals surface area contributed by atoms with Crippen LogP contribution in [0.4, 0.5) is 0 Å². The number of nitrogens with one attached hydrogen (secondary N) is 1. The average molecular weight is 346 g/mol. The summed E-state index contributed by atoms with van der Waals surface area (Å²) in [6.45, 7) is 3.26. The Morgan fingerprint density at radius 1 is 1.43 bits per heavy atom. The maximum Gasteiger partial charge on any atom is 0.285 e. The van der Waals surface area contributed by atoms with E-state index in [2.05, 4.69) is 5.43 Å². The monoisotopic (exact) mass is 346 g/mol. The molecule has 0 saturated carbocycles. The number of carbonyl (C=O) groups excluding carboxylic acids is 2. The van der Waals surface area contributed by atoms with Gasteiger partial charge in [0.05, 0.1) is 4.91 Å². The van der Waals surface area contributed by atoms with Crippen molar-refractivity contribution in [2.24, 2.45) is 0 Å². The second-order valence-corrected chi connectivity index (χ2v) is 6.80. The van der Waals surface area contributed by atoms with E-state index >= 15 is 0 Å². The molecule has 2 heterocycles. The first kappa shape index (κ1) is 15.8. The molecule has 1 unspecified atom stereocenters. The third-order valence-electron chi connectivity index (χ3n) is 3.38. The number of hydrazine groups is 1. The van der Waals surface area contributed by atoms with E-state index in [-0.39, 0.29) is 17.9 Å². The highest BCUT2D eigenvalue weighted by molar-refractivity contribution is 8.26. The smallest absolute Gasteiger partial charge is 0.285 e. The molecule has 23 heavy (non-hydrogen) atoms. The summed E-state index contributed by atoms with van der Waals surface area (Å²) in [7, 11) is 0. The molecule has 2 aliphatic rings. The van der Waals surface area contributed by atoms with Crippen molar-refractivity contribution in [1.82, 2.24) is 10.4 Å². The van der Waals surface area contributed by atoms with E-state index in [1.165, 1.54) is 6.92 Å². The molecule has 118 valence electrons. The highest BCUT2D eigenvalue weighted by Gasteiger charge is 2.33. The fourth-order valence-corrected chi connectivity index (χ4v) is 3.47. The van der Waals surface area contributed by atoms with Crippen LogP contribution in [0.15, 0.2) is 40.8 Å². The second kappa shape index (κ2) is 6.17. The first-order valence-electron chi connectivity index (χ1n) is 6.98. The van der Waals surface area contributed by atoms with Crippen LogP contribution in [-0.2, 0) is 9.59 Å². The lowest BCUT2D eigenvalue weighted by Crippen LogP contribution is -2.43. The third kappa shape index (κ3) is 3.16. The maximum absolute atomic E-state index is 12.3. The van der Waals surface area contributed by atoms with E-state index in [1.54, 1.807) is 6.08 Å². The minimum absolute atomic E-state index is 0.172. The predicted octanol–water partition coefficient (Wildman–Crippen LogP) is 2.65. The van der Waals surface area contributed by atoms with Gasteiger partial charge in [-0.2, -0.15) is 5.01 Å². The zero-order valence-corrected chi connectivity index (χ0v) is 14.2. The number of nitrogens with zero attached hydrogens (tertiary/aromatic N) is 1. The number of rotatable bonds is 2. The molecule has 3 rings (SSSR count). The Morgan fingerprint density at radius 2 is 2.17 bits per heavy atom. The highest BCUT2D eigenvalue weighted by Crippen LogP contribution is 2.34. The van der Waals surface area contributed by atoms with Gasteiger partial charge in [0.25, 0.3) is 5.91 Å². The van der Waals surface area contributed by atoms with Crippen molar-refractivity contribution < 1.29 is 14.3 Å². The van der Waals surface area contributed by atoms with Crippen LogP contribution in [0.1, 0.15) is 19.4 Å². The standard InChI is InChI=1S/C16H14N2O3S2/c1-9-12(7-11-5-3-4-6-13(11)21-9)8-14-15(20)18(16(22)23-14)17-10(2)19/h3-9H,1-2H3,(H,17,19)/b14-8-. The molecule has 5 nitrogen and oxygen atoms in total. The molecular formula is C16H14N2O3S2. The fourth-order valence-electron chi connectivity index (χ4n) is 2.29. The van der Waals surface area contributed by atoms with Crippen LogP contribution in [0.25, 0.3) is 6.08 Å². The Kier molecular flexibility index (Phi) is 4.23. The van der Waals surface area contributed by atoms with Crippen molar-refractivity contribution in [3.63, 3.8) is 0 Å². The van der Waals surface area contributed by atoms with Crippen molar-refractivity contribution in [3.05, 3.63) is 46.4 Å². The van der Waals surface area contributed by atoms with Crippen LogP contribution in [0.2, 0.25) is 0 Å². The Bertz CT molecular complexity index is 770. The quantitative estimate of drug-likeness (QED) is 0.659. The zero-order valence-electron chi connectivity index (χ0n) is 12.5. The Morgan fingerprint density at radius 3 is 2.91 bits per heavy atom. The predicted molar refractivity (Wildman–Crippen MR) is 93.4 cm³/mol. The molecule has 2 amide bonds. The summed E-state index contributed by atoms with van der Waals surface area (Å²) in [5.74, 6) is 0.148.